The average Bonchev–Trinajstić information content (AvgIpc) is 3.09. The van der Waals surface area contributed by atoms with E-state index in [1.165, 1.54) is 89.9 Å². The number of unbranched alkanes of at least 4 members (excludes halogenated alkanes) is 22. The van der Waals surface area contributed by atoms with Crippen LogP contribution in [0, 0.1) is 0 Å². The summed E-state index contributed by atoms with van der Waals surface area (Å²) >= 11 is 0. The largest absolute Gasteiger partial charge is 0.456 e. The smallest absolute Gasteiger partial charge is 0.375 e. The maximum absolute atomic E-state index is 12.5. The van der Waals surface area contributed by atoms with Crippen molar-refractivity contribution in [1.82, 2.24) is 4.90 Å². The summed E-state index contributed by atoms with van der Waals surface area (Å²) in [5.74, 6) is -2.92. The first kappa shape index (κ1) is 47.7. The molecular formula is C43H77NO6. The maximum atomic E-state index is 12.5. The second-order valence-electron chi connectivity index (χ2n) is 14.4. The van der Waals surface area contributed by atoms with Gasteiger partial charge in [-0.1, -0.05) is 141 Å². The van der Waals surface area contributed by atoms with Crippen LogP contribution in [0.2, 0.25) is 0 Å². The number of ketones is 2. The van der Waals surface area contributed by atoms with Crippen LogP contribution in [0.4, 0.5) is 0 Å². The number of carbonyl (C=O) groups is 4. The van der Waals surface area contributed by atoms with Crippen LogP contribution < -0.4 is 0 Å². The highest BCUT2D eigenvalue weighted by molar-refractivity contribution is 6.34. The molecule has 0 saturated heterocycles. The van der Waals surface area contributed by atoms with Gasteiger partial charge in [0.1, 0.15) is 12.7 Å². The fraction of sp³-hybridized carbons (Fsp3) is 0.814. The third-order valence-corrected chi connectivity index (χ3v) is 9.03. The van der Waals surface area contributed by atoms with Crippen molar-refractivity contribution in [1.29, 1.82) is 0 Å². The summed E-state index contributed by atoms with van der Waals surface area (Å²) in [7, 11) is 3.60. The quantitative estimate of drug-likeness (QED) is 0.0275. The summed E-state index contributed by atoms with van der Waals surface area (Å²) in [4.78, 5) is 51.2. The number of likely N-dealkylation sites (N-methyl/N-ethyl adjacent to an activating group) is 1. The Balaban J connectivity index is 4.00. The maximum Gasteiger partial charge on any atom is 0.375 e. The summed E-state index contributed by atoms with van der Waals surface area (Å²) in [5.41, 5.74) is 0. The van der Waals surface area contributed by atoms with Gasteiger partial charge in [-0.25, -0.2) is 9.59 Å². The molecule has 0 aromatic carbocycles. The molecule has 0 spiro atoms. The zero-order valence-corrected chi connectivity index (χ0v) is 33.0. The van der Waals surface area contributed by atoms with Crippen molar-refractivity contribution in [3.63, 3.8) is 0 Å². The van der Waals surface area contributed by atoms with E-state index in [4.69, 9.17) is 9.47 Å². The summed E-state index contributed by atoms with van der Waals surface area (Å²) < 4.78 is 10.6. The van der Waals surface area contributed by atoms with E-state index < -0.39 is 29.6 Å². The number of allylic oxidation sites excluding steroid dienone is 4. The molecule has 0 aliphatic rings. The van der Waals surface area contributed by atoms with Crippen molar-refractivity contribution < 1.29 is 28.7 Å². The number of hydrogen-bond acceptors (Lipinski definition) is 7. The van der Waals surface area contributed by atoms with Crippen molar-refractivity contribution in [2.75, 3.05) is 27.2 Å². The first-order valence-electron chi connectivity index (χ1n) is 20.7. The van der Waals surface area contributed by atoms with Crippen LogP contribution in [0.15, 0.2) is 24.3 Å². The molecule has 0 N–H and O–H groups in total. The molecule has 290 valence electrons. The van der Waals surface area contributed by atoms with Gasteiger partial charge in [0.2, 0.25) is 11.6 Å². The number of carbonyl (C=O) groups excluding carboxylic acids is 4. The molecule has 0 radical (unpaired) electrons. The molecule has 0 aromatic rings. The van der Waals surface area contributed by atoms with E-state index >= 15 is 0 Å². The van der Waals surface area contributed by atoms with Gasteiger partial charge in [-0.2, -0.15) is 0 Å². The van der Waals surface area contributed by atoms with Crippen LogP contribution >= 0.6 is 0 Å². The molecule has 0 aliphatic carbocycles. The second-order valence-corrected chi connectivity index (χ2v) is 14.4. The molecule has 0 aliphatic heterocycles. The Labute approximate surface area is 307 Å². The second kappa shape index (κ2) is 36.5. The highest BCUT2D eigenvalue weighted by Crippen LogP contribution is 2.13. The molecule has 0 aromatic heterocycles. The van der Waals surface area contributed by atoms with Gasteiger partial charge in [0, 0.05) is 19.4 Å². The minimum atomic E-state index is -0.903. The normalized spacial score (nSPS) is 12.3. The van der Waals surface area contributed by atoms with Crippen molar-refractivity contribution in [3.05, 3.63) is 24.3 Å². The zero-order chi connectivity index (χ0) is 36.9. The molecule has 0 fully saturated rings. The summed E-state index contributed by atoms with van der Waals surface area (Å²) in [6, 6.07) is 0. The first-order chi connectivity index (χ1) is 24.3. The number of nitrogens with zero attached hydrogens (tertiary/aromatic N) is 1. The number of ether oxygens (including phenoxy) is 2. The highest BCUT2D eigenvalue weighted by atomic mass is 16.6. The van der Waals surface area contributed by atoms with Crippen LogP contribution in [0.3, 0.4) is 0 Å². The van der Waals surface area contributed by atoms with Crippen LogP contribution in [-0.4, -0.2) is 61.8 Å². The van der Waals surface area contributed by atoms with Crippen LogP contribution in [0.25, 0.3) is 0 Å². The average molecular weight is 704 g/mol. The number of esters is 2. The van der Waals surface area contributed by atoms with Crippen molar-refractivity contribution in [3.8, 4) is 0 Å². The Morgan fingerprint density at radius 1 is 0.480 bits per heavy atom. The van der Waals surface area contributed by atoms with Gasteiger partial charge >= 0.3 is 11.9 Å². The van der Waals surface area contributed by atoms with E-state index in [1.54, 1.807) is 19.0 Å². The molecule has 1 unspecified atom stereocenters. The minimum absolute atomic E-state index is 0.153. The molecule has 7 heteroatoms. The monoisotopic (exact) mass is 704 g/mol. The molecule has 50 heavy (non-hydrogen) atoms. The Morgan fingerprint density at radius 3 is 1.20 bits per heavy atom. The standard InChI is InChI=1S/C43H77NO6/c1-5-7-9-11-13-15-17-19-21-23-25-27-29-31-33-35-40(45)42(47)49-38-39(37-44(3)4)50-43(48)41(46)36-34-32-30-28-26-24-22-20-18-16-14-12-10-8-6-2/h19-22,39H,5-18,23-38H2,1-4H3/b21-19-,22-20-. The summed E-state index contributed by atoms with van der Waals surface area (Å²) in [6.45, 7) is 4.53. The van der Waals surface area contributed by atoms with Crippen molar-refractivity contribution >= 4 is 23.5 Å². The Morgan fingerprint density at radius 2 is 0.820 bits per heavy atom. The SMILES string of the molecule is CCCCCCCC/C=C\CCCCCCCC(=O)C(=O)OCC(CN(C)C)OC(=O)C(=O)CCCCCCC/C=C\CCCCCCCC. The number of hydrogen-bond donors (Lipinski definition) is 0. The van der Waals surface area contributed by atoms with Gasteiger partial charge < -0.3 is 14.4 Å². The van der Waals surface area contributed by atoms with Crippen molar-refractivity contribution in [2.45, 2.75) is 200 Å². The van der Waals surface area contributed by atoms with Gasteiger partial charge in [-0.3, -0.25) is 9.59 Å². The minimum Gasteiger partial charge on any atom is -0.456 e. The molecule has 7 nitrogen and oxygen atoms in total. The predicted molar refractivity (Wildman–Crippen MR) is 208 cm³/mol. The van der Waals surface area contributed by atoms with E-state index in [1.807, 2.05) is 0 Å². The lowest BCUT2D eigenvalue weighted by Crippen LogP contribution is -2.37. The third kappa shape index (κ3) is 32.9. The van der Waals surface area contributed by atoms with E-state index in [0.717, 1.165) is 64.2 Å². The van der Waals surface area contributed by atoms with Gasteiger partial charge in [-0.05, 0) is 78.3 Å². The number of Topliss-reactive ketones (excluding diaryl/α,β-unsaturated/α-hetero) is 2. The van der Waals surface area contributed by atoms with Gasteiger partial charge in [-0.15, -0.1) is 0 Å². The van der Waals surface area contributed by atoms with E-state index in [9.17, 15) is 19.2 Å². The molecule has 0 saturated carbocycles. The van der Waals surface area contributed by atoms with Crippen LogP contribution in [0.1, 0.15) is 194 Å². The lowest BCUT2D eigenvalue weighted by atomic mass is 10.1. The zero-order valence-electron chi connectivity index (χ0n) is 33.0. The van der Waals surface area contributed by atoms with Crippen LogP contribution in [-0.2, 0) is 28.7 Å². The summed E-state index contributed by atoms with van der Waals surface area (Å²) in [5, 5.41) is 0. The molecule has 0 amide bonds. The molecule has 0 heterocycles. The van der Waals surface area contributed by atoms with Crippen molar-refractivity contribution in [2.24, 2.45) is 0 Å². The molecule has 0 bridgehead atoms. The third-order valence-electron chi connectivity index (χ3n) is 9.03. The van der Waals surface area contributed by atoms with Gasteiger partial charge in [0.15, 0.2) is 0 Å². The van der Waals surface area contributed by atoms with Gasteiger partial charge in [0.25, 0.3) is 0 Å². The Bertz CT molecular complexity index is 896. The summed E-state index contributed by atoms with van der Waals surface area (Å²) in [6.07, 6.45) is 39.0. The van der Waals surface area contributed by atoms with E-state index in [0.29, 0.717) is 12.8 Å². The highest BCUT2D eigenvalue weighted by Gasteiger charge is 2.24. The predicted octanol–water partition coefficient (Wildman–Crippen LogP) is 11.2. The van der Waals surface area contributed by atoms with Gasteiger partial charge in [0.05, 0.1) is 0 Å². The van der Waals surface area contributed by atoms with E-state index in [2.05, 4.69) is 38.2 Å². The topological polar surface area (TPSA) is 90.0 Å². The van der Waals surface area contributed by atoms with Crippen LogP contribution in [0.5, 0.6) is 0 Å². The fourth-order valence-corrected chi connectivity index (χ4v) is 5.91. The Kier molecular flexibility index (Phi) is 34.8. The molecule has 1 atom stereocenters. The fourth-order valence-electron chi connectivity index (χ4n) is 5.91. The molecular weight excluding hydrogens is 626 g/mol. The number of rotatable bonds is 37. The van der Waals surface area contributed by atoms with E-state index in [-0.39, 0.29) is 26.0 Å². The lowest BCUT2D eigenvalue weighted by Gasteiger charge is -2.20. The lowest BCUT2D eigenvalue weighted by molar-refractivity contribution is -0.165. The first-order valence-corrected chi connectivity index (χ1v) is 20.7. The Hall–Kier alpha value is -2.28. The molecule has 0 rings (SSSR count).